The van der Waals surface area contributed by atoms with Crippen LogP contribution in [0.5, 0.6) is 0 Å². The molecule has 0 unspecified atom stereocenters. The van der Waals surface area contributed by atoms with Crippen LogP contribution in [-0.2, 0) is 13.0 Å². The Bertz CT molecular complexity index is 1170. The van der Waals surface area contributed by atoms with Crippen molar-refractivity contribution >= 4 is 28.2 Å². The number of rotatable bonds is 6. The quantitative estimate of drug-likeness (QED) is 0.508. The van der Waals surface area contributed by atoms with Crippen LogP contribution in [0.4, 0.5) is 11.4 Å². The average molecular weight is 383 g/mol. The van der Waals surface area contributed by atoms with Crippen LogP contribution in [-0.4, -0.2) is 25.5 Å². The number of nitro groups is 2. The number of benzene rings is 2. The molecule has 3 aromatic rings. The lowest BCUT2D eigenvalue weighted by molar-refractivity contribution is -0.384. The predicted octanol–water partition coefficient (Wildman–Crippen LogP) is 2.76. The maximum absolute atomic E-state index is 12.6. The van der Waals surface area contributed by atoms with Crippen LogP contribution in [0.15, 0.2) is 53.3 Å². The van der Waals surface area contributed by atoms with Crippen molar-refractivity contribution in [2.75, 3.05) is 0 Å². The molecule has 0 aliphatic rings. The van der Waals surface area contributed by atoms with Gasteiger partial charge in [-0.15, -0.1) is 0 Å². The summed E-state index contributed by atoms with van der Waals surface area (Å²) in [5, 5.41) is 31.3. The Hall–Kier alpha value is -4.08. The highest BCUT2D eigenvalue weighted by Crippen LogP contribution is 2.25. The minimum absolute atomic E-state index is 0.0493. The molecule has 3 rings (SSSR count). The summed E-state index contributed by atoms with van der Waals surface area (Å²) in [4.78, 5) is 44.8. The van der Waals surface area contributed by atoms with Gasteiger partial charge in [-0.25, -0.2) is 4.79 Å². The molecule has 0 aliphatic carbocycles. The van der Waals surface area contributed by atoms with E-state index in [2.05, 4.69) is 0 Å². The fourth-order valence-electron chi connectivity index (χ4n) is 2.94. The summed E-state index contributed by atoms with van der Waals surface area (Å²) in [6.45, 7) is 0.0510. The van der Waals surface area contributed by atoms with Gasteiger partial charge in [-0.3, -0.25) is 25.0 Å². The molecule has 0 amide bonds. The second-order valence-corrected chi connectivity index (χ2v) is 5.96. The molecular formula is C18H13N3O7. The lowest BCUT2D eigenvalue weighted by atomic mass is 10.1. The normalized spacial score (nSPS) is 10.7. The van der Waals surface area contributed by atoms with Crippen molar-refractivity contribution in [3.05, 3.63) is 90.2 Å². The lowest BCUT2D eigenvalue weighted by Crippen LogP contribution is -2.27. The summed E-state index contributed by atoms with van der Waals surface area (Å²) < 4.78 is 1.17. The SMILES string of the molecule is O=C(O)c1cc2c([N+](=O)[O-])cccc2n(CCc2ccc([N+](=O)[O-])cc2)c1=O. The van der Waals surface area contributed by atoms with Gasteiger partial charge in [0.05, 0.1) is 20.7 Å². The van der Waals surface area contributed by atoms with Gasteiger partial charge in [0.25, 0.3) is 16.9 Å². The first-order chi connectivity index (χ1) is 13.3. The number of non-ortho nitro benzene ring substituents is 2. The molecule has 0 saturated carbocycles. The van der Waals surface area contributed by atoms with E-state index in [1.807, 2.05) is 0 Å². The minimum Gasteiger partial charge on any atom is -0.477 e. The number of aromatic carboxylic acids is 1. The Morgan fingerprint density at radius 3 is 2.29 bits per heavy atom. The van der Waals surface area contributed by atoms with Gasteiger partial charge >= 0.3 is 5.97 Å². The number of carbonyl (C=O) groups is 1. The molecule has 28 heavy (non-hydrogen) atoms. The van der Waals surface area contributed by atoms with E-state index in [0.29, 0.717) is 5.56 Å². The number of pyridine rings is 1. The number of hydrogen-bond acceptors (Lipinski definition) is 6. The Morgan fingerprint density at radius 1 is 1.04 bits per heavy atom. The van der Waals surface area contributed by atoms with Gasteiger partial charge < -0.3 is 9.67 Å². The van der Waals surface area contributed by atoms with E-state index in [9.17, 15) is 34.9 Å². The number of nitrogens with zero attached hydrogens (tertiary/aromatic N) is 3. The highest BCUT2D eigenvalue weighted by Gasteiger charge is 2.20. The Labute approximate surface area is 156 Å². The summed E-state index contributed by atoms with van der Waals surface area (Å²) in [6.07, 6.45) is 0.277. The highest BCUT2D eigenvalue weighted by molar-refractivity contribution is 5.96. The third-order valence-corrected chi connectivity index (χ3v) is 4.31. The molecule has 0 aliphatic heterocycles. The molecule has 142 valence electrons. The fraction of sp³-hybridized carbons (Fsp3) is 0.111. The van der Waals surface area contributed by atoms with Gasteiger partial charge in [0, 0.05) is 24.7 Å². The van der Waals surface area contributed by atoms with E-state index >= 15 is 0 Å². The van der Waals surface area contributed by atoms with Gasteiger partial charge in [-0.05, 0) is 24.1 Å². The highest BCUT2D eigenvalue weighted by atomic mass is 16.6. The largest absolute Gasteiger partial charge is 0.477 e. The number of aryl methyl sites for hydroxylation is 2. The van der Waals surface area contributed by atoms with E-state index in [1.165, 1.54) is 47.0 Å². The van der Waals surface area contributed by atoms with E-state index in [1.54, 1.807) is 0 Å². The number of hydrogen-bond donors (Lipinski definition) is 1. The number of carboxylic acid groups (broad SMARTS) is 1. The number of aromatic nitrogens is 1. The van der Waals surface area contributed by atoms with Gasteiger partial charge in [-0.1, -0.05) is 18.2 Å². The maximum atomic E-state index is 12.6. The molecule has 0 atom stereocenters. The van der Waals surface area contributed by atoms with Crippen LogP contribution in [0.3, 0.4) is 0 Å². The zero-order valence-corrected chi connectivity index (χ0v) is 14.3. The average Bonchev–Trinajstić information content (AvgIpc) is 2.66. The second-order valence-electron chi connectivity index (χ2n) is 5.96. The smallest absolute Gasteiger partial charge is 0.341 e. The number of fused-ring (bicyclic) bond motifs is 1. The first kappa shape index (κ1) is 18.7. The van der Waals surface area contributed by atoms with E-state index < -0.39 is 26.9 Å². The van der Waals surface area contributed by atoms with Crippen LogP contribution in [0.2, 0.25) is 0 Å². The zero-order valence-electron chi connectivity index (χ0n) is 14.3. The molecule has 0 bridgehead atoms. The summed E-state index contributed by atoms with van der Waals surface area (Å²) in [5.41, 5.74) is -0.783. The maximum Gasteiger partial charge on any atom is 0.341 e. The predicted molar refractivity (Wildman–Crippen MR) is 98.6 cm³/mol. The van der Waals surface area contributed by atoms with Crippen molar-refractivity contribution in [2.45, 2.75) is 13.0 Å². The molecule has 0 saturated heterocycles. The molecule has 1 heterocycles. The second kappa shape index (κ2) is 7.27. The molecule has 0 fully saturated rings. The van der Waals surface area contributed by atoms with Crippen molar-refractivity contribution in [2.24, 2.45) is 0 Å². The van der Waals surface area contributed by atoms with Crippen molar-refractivity contribution in [1.29, 1.82) is 0 Å². The van der Waals surface area contributed by atoms with Gasteiger partial charge in [-0.2, -0.15) is 0 Å². The van der Waals surface area contributed by atoms with Crippen molar-refractivity contribution < 1.29 is 19.7 Å². The van der Waals surface area contributed by atoms with Crippen LogP contribution < -0.4 is 5.56 Å². The Balaban J connectivity index is 2.08. The van der Waals surface area contributed by atoms with Crippen molar-refractivity contribution in [1.82, 2.24) is 4.57 Å². The third kappa shape index (κ3) is 3.43. The topological polar surface area (TPSA) is 146 Å². The summed E-state index contributed by atoms with van der Waals surface area (Å²) in [6, 6.07) is 10.9. The minimum atomic E-state index is -1.48. The molecule has 10 nitrogen and oxygen atoms in total. The van der Waals surface area contributed by atoms with Crippen molar-refractivity contribution in [3.8, 4) is 0 Å². The lowest BCUT2D eigenvalue weighted by Gasteiger charge is -2.12. The van der Waals surface area contributed by atoms with E-state index in [0.717, 1.165) is 6.07 Å². The first-order valence-electron chi connectivity index (χ1n) is 8.07. The standard InChI is InChI=1S/C18H13N3O7/c22-17-14(18(23)24)10-13-15(2-1-3-16(13)21(27)28)19(17)9-8-11-4-6-12(7-5-11)20(25)26/h1-7,10H,8-9H2,(H,23,24). The van der Waals surface area contributed by atoms with Gasteiger partial charge in [0.1, 0.15) is 5.56 Å². The molecule has 10 heteroatoms. The van der Waals surface area contributed by atoms with E-state index in [-0.39, 0.29) is 35.2 Å². The molecule has 1 aromatic heterocycles. The summed E-state index contributed by atoms with van der Waals surface area (Å²) in [7, 11) is 0. The molecular weight excluding hydrogens is 370 g/mol. The monoisotopic (exact) mass is 383 g/mol. The van der Waals surface area contributed by atoms with E-state index in [4.69, 9.17) is 0 Å². The van der Waals surface area contributed by atoms with Crippen LogP contribution >= 0.6 is 0 Å². The number of nitro benzene ring substituents is 2. The Morgan fingerprint density at radius 2 is 1.71 bits per heavy atom. The fourth-order valence-corrected chi connectivity index (χ4v) is 2.94. The van der Waals surface area contributed by atoms with Crippen molar-refractivity contribution in [3.63, 3.8) is 0 Å². The van der Waals surface area contributed by atoms with Gasteiger partial charge in [0.15, 0.2) is 0 Å². The summed E-state index contributed by atoms with van der Waals surface area (Å²) in [5.74, 6) is -1.48. The Kier molecular flexibility index (Phi) is 4.86. The molecule has 0 spiro atoms. The molecule has 0 radical (unpaired) electrons. The summed E-state index contributed by atoms with van der Waals surface area (Å²) >= 11 is 0. The molecule has 1 N–H and O–H groups in total. The first-order valence-corrected chi connectivity index (χ1v) is 8.07. The van der Waals surface area contributed by atoms with Crippen LogP contribution in [0.1, 0.15) is 15.9 Å². The number of carboxylic acids is 1. The third-order valence-electron chi connectivity index (χ3n) is 4.31. The van der Waals surface area contributed by atoms with Crippen LogP contribution in [0, 0.1) is 20.2 Å². The molecule has 2 aromatic carbocycles. The zero-order chi connectivity index (χ0) is 20.4. The van der Waals surface area contributed by atoms with Gasteiger partial charge in [0.2, 0.25) is 0 Å². The van der Waals surface area contributed by atoms with Crippen LogP contribution in [0.25, 0.3) is 10.9 Å².